The number of amides is 1. The number of fused-ring (bicyclic) bond motifs is 1. The fourth-order valence-corrected chi connectivity index (χ4v) is 10.7. The fourth-order valence-electron chi connectivity index (χ4n) is 4.76. The summed E-state index contributed by atoms with van der Waals surface area (Å²) in [6.45, 7) is 5.75. The molecule has 2 heterocycles. The number of hydrogen-bond donors (Lipinski definition) is 2. The van der Waals surface area contributed by atoms with Crippen LogP contribution in [0.5, 0.6) is 5.75 Å². The van der Waals surface area contributed by atoms with E-state index < -0.39 is 35.1 Å². The van der Waals surface area contributed by atoms with Crippen molar-refractivity contribution in [2.75, 3.05) is 13.2 Å². The van der Waals surface area contributed by atoms with Crippen molar-refractivity contribution in [3.8, 4) is 5.75 Å². The molecule has 1 saturated carbocycles. The first-order valence-electron chi connectivity index (χ1n) is 11.8. The molecule has 3 aliphatic rings. The summed E-state index contributed by atoms with van der Waals surface area (Å²) in [7, 11) is 0. The van der Waals surface area contributed by atoms with Gasteiger partial charge in [0.25, 0.3) is 0 Å². The molecule has 2 N–H and O–H groups in total. The lowest BCUT2D eigenvalue weighted by Crippen LogP contribution is -2.48. The molecule has 11 heteroatoms. The first-order chi connectivity index (χ1) is 15.9. The fraction of sp³-hybridized carbons (Fsp3) is 0.696. The SMILES string of the molecule is CC1(C)COP(=S)(N(C2CCCCC2)[S+]([O-])C(NC(=O)O)c2cccc3c2OC(C)(C)C3)OC1. The van der Waals surface area contributed by atoms with Crippen molar-refractivity contribution < 1.29 is 28.2 Å². The van der Waals surface area contributed by atoms with Crippen molar-refractivity contribution in [2.24, 2.45) is 5.41 Å². The van der Waals surface area contributed by atoms with Crippen LogP contribution in [0.25, 0.3) is 0 Å². The Balaban J connectivity index is 1.74. The van der Waals surface area contributed by atoms with Crippen LogP contribution in [0.1, 0.15) is 76.3 Å². The normalized spacial score (nSPS) is 25.2. The van der Waals surface area contributed by atoms with E-state index in [4.69, 9.17) is 25.6 Å². The molecule has 1 aromatic rings. The first-order valence-corrected chi connectivity index (χ1v) is 15.6. The van der Waals surface area contributed by atoms with Gasteiger partial charge in [0, 0.05) is 11.8 Å². The van der Waals surface area contributed by atoms with Crippen molar-refractivity contribution in [3.63, 3.8) is 0 Å². The minimum absolute atomic E-state index is 0.103. The number of nitrogens with zero attached hydrogens (tertiary/aromatic N) is 1. The quantitative estimate of drug-likeness (QED) is 0.379. The van der Waals surface area contributed by atoms with Gasteiger partial charge < -0.3 is 23.4 Å². The van der Waals surface area contributed by atoms with Gasteiger partial charge >= 0.3 is 12.7 Å². The van der Waals surface area contributed by atoms with Crippen LogP contribution in [-0.2, 0) is 38.6 Å². The van der Waals surface area contributed by atoms with Crippen molar-refractivity contribution in [3.05, 3.63) is 29.3 Å². The topological polar surface area (TPSA) is 103 Å². The third-order valence-electron chi connectivity index (χ3n) is 6.41. The van der Waals surface area contributed by atoms with Gasteiger partial charge in [-0.05, 0) is 54.2 Å². The summed E-state index contributed by atoms with van der Waals surface area (Å²) >= 11 is 4.06. The van der Waals surface area contributed by atoms with Crippen LogP contribution in [-0.4, -0.2) is 44.7 Å². The lowest BCUT2D eigenvalue weighted by Gasteiger charge is -2.45. The molecule has 2 unspecified atom stereocenters. The van der Waals surface area contributed by atoms with E-state index in [0.717, 1.165) is 37.7 Å². The number of rotatable bonds is 6. The number of para-hydroxylation sites is 1. The number of ether oxygens (including phenoxy) is 1. The summed E-state index contributed by atoms with van der Waals surface area (Å²) in [5.41, 5.74) is 0.893. The van der Waals surface area contributed by atoms with Gasteiger partial charge in [-0.15, -0.1) is 0 Å². The second kappa shape index (κ2) is 9.88. The summed E-state index contributed by atoms with van der Waals surface area (Å²) in [6, 6.07) is 5.49. The zero-order valence-electron chi connectivity index (χ0n) is 20.2. The molecule has 1 saturated heterocycles. The van der Waals surface area contributed by atoms with Gasteiger partial charge in [0.15, 0.2) is 0 Å². The second-order valence-electron chi connectivity index (χ2n) is 10.8. The minimum Gasteiger partial charge on any atom is -0.596 e. The van der Waals surface area contributed by atoms with Gasteiger partial charge in [-0.3, -0.25) is 5.32 Å². The summed E-state index contributed by atoms with van der Waals surface area (Å²) < 4.78 is 34.6. The van der Waals surface area contributed by atoms with Gasteiger partial charge in [-0.25, -0.2) is 4.79 Å². The van der Waals surface area contributed by atoms with Gasteiger partial charge in [-0.1, -0.05) is 45.2 Å². The highest BCUT2D eigenvalue weighted by Gasteiger charge is 2.51. The van der Waals surface area contributed by atoms with E-state index in [9.17, 15) is 14.5 Å². The zero-order valence-corrected chi connectivity index (χ0v) is 22.8. The molecule has 4 rings (SSSR count). The largest absolute Gasteiger partial charge is 0.596 e. The Hall–Kier alpha value is -0.870. The highest BCUT2D eigenvalue weighted by molar-refractivity contribution is 8.13. The Labute approximate surface area is 210 Å². The number of hydrogen-bond acceptors (Lipinski definition) is 6. The van der Waals surface area contributed by atoms with Crippen LogP contribution in [0.15, 0.2) is 18.2 Å². The Kier molecular flexibility index (Phi) is 7.62. The molecule has 1 aliphatic carbocycles. The van der Waals surface area contributed by atoms with E-state index in [-0.39, 0.29) is 11.5 Å². The number of nitrogens with one attached hydrogen (secondary N) is 1. The van der Waals surface area contributed by atoms with Crippen molar-refractivity contribution in [1.82, 2.24) is 9.39 Å². The van der Waals surface area contributed by atoms with Crippen molar-refractivity contribution in [2.45, 2.75) is 83.2 Å². The Morgan fingerprint density at radius 2 is 1.88 bits per heavy atom. The molecule has 2 aliphatic heterocycles. The van der Waals surface area contributed by atoms with E-state index in [0.29, 0.717) is 30.9 Å². The van der Waals surface area contributed by atoms with Crippen LogP contribution in [0.3, 0.4) is 0 Å². The highest BCUT2D eigenvalue weighted by Crippen LogP contribution is 2.61. The number of carbonyl (C=O) groups is 1. The average molecular weight is 531 g/mol. The third kappa shape index (κ3) is 5.59. The number of benzene rings is 1. The average Bonchev–Trinajstić information content (AvgIpc) is 3.09. The predicted molar refractivity (Wildman–Crippen MR) is 136 cm³/mol. The van der Waals surface area contributed by atoms with Gasteiger partial charge in [0.05, 0.1) is 36.2 Å². The summed E-state index contributed by atoms with van der Waals surface area (Å²) in [6.07, 6.45) is 4.16. The second-order valence-corrected chi connectivity index (χ2v) is 15.7. The molecule has 0 spiro atoms. The van der Waals surface area contributed by atoms with Gasteiger partial charge in [-0.2, -0.15) is 0 Å². The minimum atomic E-state index is -3.10. The molecule has 0 radical (unpaired) electrons. The van der Waals surface area contributed by atoms with Crippen LogP contribution < -0.4 is 10.1 Å². The van der Waals surface area contributed by atoms with Crippen LogP contribution >= 0.6 is 6.64 Å². The summed E-state index contributed by atoms with van der Waals surface area (Å²) in [5.74, 6) is 0.589. The molecule has 2 fully saturated rings. The van der Waals surface area contributed by atoms with E-state index in [2.05, 4.69) is 5.32 Å². The summed E-state index contributed by atoms with van der Waals surface area (Å²) in [5, 5.41) is 11.1. The molecule has 2 atom stereocenters. The van der Waals surface area contributed by atoms with E-state index in [1.807, 2.05) is 39.8 Å². The Morgan fingerprint density at radius 1 is 1.24 bits per heavy atom. The Bertz CT molecular complexity index is 955. The monoisotopic (exact) mass is 530 g/mol. The maximum atomic E-state index is 14.4. The maximum Gasteiger partial charge on any atom is 0.408 e. The molecular formula is C23H35N2O6PS2. The molecular weight excluding hydrogens is 495 g/mol. The lowest BCUT2D eigenvalue weighted by molar-refractivity contribution is 0.0456. The molecule has 0 aromatic heterocycles. The molecule has 190 valence electrons. The van der Waals surface area contributed by atoms with Gasteiger partial charge in [0.2, 0.25) is 5.37 Å². The smallest absolute Gasteiger partial charge is 0.408 e. The highest BCUT2D eigenvalue weighted by atomic mass is 32.5. The van der Waals surface area contributed by atoms with Crippen LogP contribution in [0.2, 0.25) is 0 Å². The van der Waals surface area contributed by atoms with E-state index >= 15 is 0 Å². The molecule has 1 aromatic carbocycles. The maximum absolute atomic E-state index is 14.4. The molecule has 34 heavy (non-hydrogen) atoms. The summed E-state index contributed by atoms with van der Waals surface area (Å²) in [4.78, 5) is 11.9. The zero-order chi connectivity index (χ0) is 24.7. The lowest BCUT2D eigenvalue weighted by atomic mass is 9.96. The third-order valence-corrected chi connectivity index (χ3v) is 12.2. The first kappa shape index (κ1) is 26.2. The van der Waals surface area contributed by atoms with Crippen LogP contribution in [0.4, 0.5) is 4.79 Å². The van der Waals surface area contributed by atoms with Crippen molar-refractivity contribution in [1.29, 1.82) is 0 Å². The molecule has 8 nitrogen and oxygen atoms in total. The van der Waals surface area contributed by atoms with E-state index in [1.165, 1.54) is 0 Å². The standard InChI is InChI=1S/C23H35N2O6PS2/c1-22(2)14-29-32(33,30-15-22)25(17-10-6-5-7-11-17)34(28)20(24-21(26)27)18-12-8-9-16-13-23(3,4)31-19(16)18/h8-9,12,17,20,24H,5-7,10-11,13-15H2,1-4H3,(H,26,27). The van der Waals surface area contributed by atoms with Crippen molar-refractivity contribution >= 4 is 35.9 Å². The predicted octanol–water partition coefficient (Wildman–Crippen LogP) is 5.26. The van der Waals surface area contributed by atoms with Crippen LogP contribution in [0, 0.1) is 5.41 Å². The van der Waals surface area contributed by atoms with Gasteiger partial charge in [0.1, 0.15) is 11.4 Å². The molecule has 0 bridgehead atoms. The Morgan fingerprint density at radius 3 is 2.50 bits per heavy atom. The van der Waals surface area contributed by atoms with E-state index in [1.54, 1.807) is 10.1 Å². The molecule has 1 amide bonds. The number of carboxylic acid groups (broad SMARTS) is 1.